The van der Waals surface area contributed by atoms with Crippen LogP contribution in [-0.4, -0.2) is 46.0 Å². The number of aromatic amines is 1. The van der Waals surface area contributed by atoms with Crippen LogP contribution in [0, 0.1) is 0 Å². The lowest BCUT2D eigenvalue weighted by molar-refractivity contribution is 0.686. The van der Waals surface area contributed by atoms with Gasteiger partial charge in [-0.2, -0.15) is 0 Å². The summed E-state index contributed by atoms with van der Waals surface area (Å²) in [5, 5.41) is 0. The van der Waals surface area contributed by atoms with Gasteiger partial charge in [0.05, 0.1) is 40.3 Å². The van der Waals surface area contributed by atoms with Crippen molar-refractivity contribution in [2.45, 2.75) is 0 Å². The Morgan fingerprint density at radius 2 is 2.23 bits per heavy atom. The Morgan fingerprint density at radius 1 is 1.32 bits per heavy atom. The number of hydrogen-bond acceptors (Lipinski definition) is 6. The number of rotatable bonds is 2. The summed E-state index contributed by atoms with van der Waals surface area (Å²) in [4.78, 5) is 22.5. The largest absolute Gasteiger partial charge is 0.340 e. The van der Waals surface area contributed by atoms with Crippen molar-refractivity contribution in [1.82, 2.24) is 29.5 Å². The average Bonchev–Trinajstić information content (AvgIpc) is 3.16. The number of anilines is 1. The Labute approximate surface area is 128 Å². The molecule has 1 N–H and O–H groups in total. The molecule has 0 amide bonds. The van der Waals surface area contributed by atoms with E-state index < -0.39 is 10.8 Å². The van der Waals surface area contributed by atoms with Gasteiger partial charge in [0.25, 0.3) is 0 Å². The molecule has 0 saturated carbocycles. The van der Waals surface area contributed by atoms with Gasteiger partial charge in [0, 0.05) is 25.5 Å². The number of hydrogen-bond donors (Lipinski definition) is 1. The second-order valence-electron chi connectivity index (χ2n) is 4.92. The minimum atomic E-state index is -1.05. The van der Waals surface area contributed by atoms with Crippen LogP contribution in [0.3, 0.4) is 0 Å². The van der Waals surface area contributed by atoms with E-state index in [0.717, 1.165) is 21.9 Å². The van der Waals surface area contributed by atoms with E-state index in [1.54, 1.807) is 18.9 Å². The zero-order valence-electron chi connectivity index (χ0n) is 11.8. The average molecular weight is 315 g/mol. The van der Waals surface area contributed by atoms with E-state index in [4.69, 9.17) is 0 Å². The lowest BCUT2D eigenvalue weighted by Gasteiger charge is -2.25. The molecule has 0 spiro atoms. The molecule has 22 heavy (non-hydrogen) atoms. The maximum absolute atomic E-state index is 12.4. The zero-order valence-corrected chi connectivity index (χ0v) is 12.6. The van der Waals surface area contributed by atoms with Gasteiger partial charge in [0.2, 0.25) is 0 Å². The number of aromatic nitrogens is 6. The number of nitrogens with one attached hydrogen (secondary N) is 1. The van der Waals surface area contributed by atoms with Crippen LogP contribution in [0.2, 0.25) is 0 Å². The molecule has 1 aliphatic heterocycles. The molecule has 4 rings (SSSR count). The van der Waals surface area contributed by atoms with Crippen LogP contribution in [-0.2, 0) is 17.8 Å². The first-order valence-corrected chi connectivity index (χ1v) is 8.03. The van der Waals surface area contributed by atoms with Gasteiger partial charge < -0.3 is 14.5 Å². The first-order chi connectivity index (χ1) is 10.7. The summed E-state index contributed by atoms with van der Waals surface area (Å²) in [6.07, 6.45) is 8.38. The Hall–Kier alpha value is -2.55. The third-order valence-corrected chi connectivity index (χ3v) is 4.94. The Morgan fingerprint density at radius 3 is 3.05 bits per heavy atom. The molecule has 1 unspecified atom stereocenters. The fourth-order valence-electron chi connectivity index (χ4n) is 2.47. The van der Waals surface area contributed by atoms with Crippen LogP contribution in [0.4, 0.5) is 5.82 Å². The Balaban J connectivity index is 1.83. The highest BCUT2D eigenvalue weighted by Crippen LogP contribution is 2.27. The van der Waals surface area contributed by atoms with Gasteiger partial charge in [-0.15, -0.1) is 0 Å². The van der Waals surface area contributed by atoms with E-state index in [-0.39, 0.29) is 0 Å². The number of aryl methyl sites for hydroxylation is 1. The molecule has 8 nitrogen and oxygen atoms in total. The summed E-state index contributed by atoms with van der Waals surface area (Å²) in [6.45, 7) is 0.624. The minimum absolute atomic E-state index is 0.538. The number of imidazole rings is 2. The van der Waals surface area contributed by atoms with Gasteiger partial charge in [-0.05, 0) is 0 Å². The fourth-order valence-corrected chi connectivity index (χ4v) is 3.73. The monoisotopic (exact) mass is 315 g/mol. The van der Waals surface area contributed by atoms with E-state index in [9.17, 15) is 4.21 Å². The van der Waals surface area contributed by atoms with Gasteiger partial charge in [0.15, 0.2) is 11.5 Å². The van der Waals surface area contributed by atoms with Crippen molar-refractivity contribution in [3.05, 3.63) is 37.1 Å². The molecule has 3 aromatic rings. The molecule has 0 fully saturated rings. The third-order valence-electron chi connectivity index (χ3n) is 3.58. The summed E-state index contributed by atoms with van der Waals surface area (Å²) in [5.41, 5.74) is 2.24. The van der Waals surface area contributed by atoms with Crippen molar-refractivity contribution in [2.75, 3.05) is 17.2 Å². The molecule has 4 heterocycles. The maximum atomic E-state index is 12.4. The van der Waals surface area contributed by atoms with Crippen molar-refractivity contribution in [1.29, 1.82) is 0 Å². The lowest BCUT2D eigenvalue weighted by atomic mass is 10.4. The second kappa shape index (κ2) is 5.02. The van der Waals surface area contributed by atoms with E-state index >= 15 is 0 Å². The molecule has 1 aliphatic rings. The van der Waals surface area contributed by atoms with Gasteiger partial charge in [-0.25, -0.2) is 19.9 Å². The lowest BCUT2D eigenvalue weighted by Crippen LogP contribution is -2.29. The van der Waals surface area contributed by atoms with Crippen molar-refractivity contribution in [2.24, 2.45) is 7.05 Å². The van der Waals surface area contributed by atoms with Gasteiger partial charge in [-0.1, -0.05) is 0 Å². The van der Waals surface area contributed by atoms with E-state index in [0.29, 0.717) is 17.9 Å². The van der Waals surface area contributed by atoms with Crippen LogP contribution in [0.1, 0.15) is 5.69 Å². The van der Waals surface area contributed by atoms with Crippen molar-refractivity contribution < 1.29 is 4.21 Å². The smallest absolute Gasteiger partial charge is 0.182 e. The SMILES string of the molecule is Cn1cncc1C1=CN(c2ncnc3nc[nH]c23)CCS1=O. The van der Waals surface area contributed by atoms with Crippen LogP contribution >= 0.6 is 0 Å². The highest BCUT2D eigenvalue weighted by atomic mass is 32.2. The third kappa shape index (κ3) is 2.01. The number of nitrogens with zero attached hydrogens (tertiary/aromatic N) is 6. The second-order valence-corrected chi connectivity index (χ2v) is 6.46. The molecule has 0 saturated heterocycles. The zero-order chi connectivity index (χ0) is 15.1. The van der Waals surface area contributed by atoms with Crippen LogP contribution < -0.4 is 4.90 Å². The summed E-state index contributed by atoms with van der Waals surface area (Å²) in [7, 11) is 0.839. The van der Waals surface area contributed by atoms with Crippen molar-refractivity contribution >= 4 is 32.7 Å². The molecule has 112 valence electrons. The van der Waals surface area contributed by atoms with E-state index in [2.05, 4.69) is 24.9 Å². The van der Waals surface area contributed by atoms with E-state index in [1.165, 1.54) is 6.33 Å². The molecular weight excluding hydrogens is 302 g/mol. The van der Waals surface area contributed by atoms with Crippen LogP contribution in [0.5, 0.6) is 0 Å². The highest BCUT2D eigenvalue weighted by Gasteiger charge is 2.23. The quantitative estimate of drug-likeness (QED) is 0.746. The maximum Gasteiger partial charge on any atom is 0.182 e. The molecule has 9 heteroatoms. The first kappa shape index (κ1) is 13.1. The molecular formula is C13H13N7OS. The molecule has 0 radical (unpaired) electrons. The fraction of sp³-hybridized carbons (Fsp3) is 0.231. The topological polar surface area (TPSA) is 92.6 Å². The Bertz CT molecular complexity index is 897. The highest BCUT2D eigenvalue weighted by molar-refractivity contribution is 7.94. The molecule has 3 aromatic heterocycles. The van der Waals surface area contributed by atoms with Crippen LogP contribution in [0.25, 0.3) is 16.1 Å². The predicted octanol–water partition coefficient (Wildman–Crippen LogP) is 0.654. The molecule has 0 aromatic carbocycles. The summed E-state index contributed by atoms with van der Waals surface area (Å²) < 4.78 is 14.2. The number of H-pyrrole nitrogens is 1. The minimum Gasteiger partial charge on any atom is -0.340 e. The normalized spacial score (nSPS) is 18.7. The summed E-state index contributed by atoms with van der Waals surface area (Å²) >= 11 is 0. The van der Waals surface area contributed by atoms with E-state index in [1.807, 2.05) is 22.7 Å². The standard InChI is InChI=1S/C13H13N7OS/c1-19-8-14-4-9(19)10-5-20(2-3-22(10)21)13-11-12(16-6-15-11)17-7-18-13/h4-8H,2-3H2,1H3,(H,15,16,17,18). The summed E-state index contributed by atoms with van der Waals surface area (Å²) in [5.74, 6) is 1.27. The molecule has 0 aliphatic carbocycles. The molecule has 0 bridgehead atoms. The first-order valence-electron chi connectivity index (χ1n) is 6.71. The number of fused-ring (bicyclic) bond motifs is 1. The van der Waals surface area contributed by atoms with Crippen LogP contribution in [0.15, 0.2) is 31.4 Å². The van der Waals surface area contributed by atoms with Gasteiger partial charge >= 0.3 is 0 Å². The van der Waals surface area contributed by atoms with Crippen molar-refractivity contribution in [3.8, 4) is 0 Å². The van der Waals surface area contributed by atoms with Gasteiger partial charge in [0.1, 0.15) is 11.8 Å². The van der Waals surface area contributed by atoms with Gasteiger partial charge in [-0.3, -0.25) is 4.21 Å². The van der Waals surface area contributed by atoms with Crippen molar-refractivity contribution in [3.63, 3.8) is 0 Å². The summed E-state index contributed by atoms with van der Waals surface area (Å²) in [6, 6.07) is 0. The molecule has 1 atom stereocenters. The predicted molar refractivity (Wildman–Crippen MR) is 83.2 cm³/mol. The Kier molecular flexibility index (Phi) is 3.00.